The molecule has 0 aromatic heterocycles. The number of hydrogen-bond donors (Lipinski definition) is 1. The molecule has 128 valence electrons. The van der Waals surface area contributed by atoms with Gasteiger partial charge in [-0.1, -0.05) is 12.8 Å². The molecule has 1 saturated heterocycles. The molecule has 0 aromatic rings. The number of nitrogens with one attached hydrogen (secondary N) is 1. The standard InChI is InChI=1S/C15H28N2O4S/c1-22(19,20)17-10-7-13(8-11-17)15(18)16-9-4-12-21-14-5-2-3-6-14/h13-14H,2-12H2,1H3,(H,16,18). The highest BCUT2D eigenvalue weighted by atomic mass is 32.2. The van der Waals surface area contributed by atoms with Crippen LogP contribution in [0, 0.1) is 5.92 Å². The van der Waals surface area contributed by atoms with Crippen LogP contribution in [0.1, 0.15) is 44.9 Å². The summed E-state index contributed by atoms with van der Waals surface area (Å²) in [6.45, 7) is 2.23. The fourth-order valence-electron chi connectivity index (χ4n) is 3.18. The minimum atomic E-state index is -3.12. The third-order valence-corrected chi connectivity index (χ3v) is 5.87. The Labute approximate surface area is 133 Å². The Morgan fingerprint density at radius 1 is 1.18 bits per heavy atom. The third kappa shape index (κ3) is 5.52. The second kappa shape index (κ2) is 8.26. The smallest absolute Gasteiger partial charge is 0.223 e. The Hall–Kier alpha value is -0.660. The van der Waals surface area contributed by atoms with Crippen LogP contribution < -0.4 is 5.32 Å². The highest BCUT2D eigenvalue weighted by Crippen LogP contribution is 2.21. The summed E-state index contributed by atoms with van der Waals surface area (Å²) >= 11 is 0. The summed E-state index contributed by atoms with van der Waals surface area (Å²) in [5, 5.41) is 2.94. The summed E-state index contributed by atoms with van der Waals surface area (Å²) in [7, 11) is -3.12. The normalized spacial score (nSPS) is 22.0. The van der Waals surface area contributed by atoms with Crippen molar-refractivity contribution in [2.45, 2.75) is 51.0 Å². The number of rotatable bonds is 7. The highest BCUT2D eigenvalue weighted by Gasteiger charge is 2.28. The molecule has 0 radical (unpaired) electrons. The highest BCUT2D eigenvalue weighted by molar-refractivity contribution is 7.88. The summed E-state index contributed by atoms with van der Waals surface area (Å²) in [4.78, 5) is 12.1. The van der Waals surface area contributed by atoms with Gasteiger partial charge in [-0.25, -0.2) is 12.7 Å². The van der Waals surface area contributed by atoms with Gasteiger partial charge in [0.25, 0.3) is 0 Å². The van der Waals surface area contributed by atoms with Crippen molar-refractivity contribution in [3.63, 3.8) is 0 Å². The van der Waals surface area contributed by atoms with Crippen LogP contribution in [0.25, 0.3) is 0 Å². The van der Waals surface area contributed by atoms with Crippen molar-refractivity contribution in [3.05, 3.63) is 0 Å². The first-order valence-electron chi connectivity index (χ1n) is 8.31. The SMILES string of the molecule is CS(=O)(=O)N1CCC(C(=O)NCCCOC2CCCC2)CC1. The Bertz CT molecular complexity index is 452. The maximum atomic E-state index is 12.1. The molecule has 0 atom stereocenters. The van der Waals surface area contributed by atoms with E-state index in [0.29, 0.717) is 45.2 Å². The van der Waals surface area contributed by atoms with Crippen LogP contribution in [0.5, 0.6) is 0 Å². The second-order valence-electron chi connectivity index (χ2n) is 6.36. The lowest BCUT2D eigenvalue weighted by molar-refractivity contribution is -0.126. The average molecular weight is 332 g/mol. The summed E-state index contributed by atoms with van der Waals surface area (Å²) in [5.41, 5.74) is 0. The van der Waals surface area contributed by atoms with E-state index in [-0.39, 0.29) is 11.8 Å². The lowest BCUT2D eigenvalue weighted by Crippen LogP contribution is -2.42. The van der Waals surface area contributed by atoms with Crippen molar-refractivity contribution in [1.82, 2.24) is 9.62 Å². The molecule has 1 aliphatic heterocycles. The predicted molar refractivity (Wildman–Crippen MR) is 85.0 cm³/mol. The summed E-state index contributed by atoms with van der Waals surface area (Å²) in [6.07, 6.45) is 8.59. The van der Waals surface area contributed by atoms with Crippen molar-refractivity contribution < 1.29 is 17.9 Å². The fourth-order valence-corrected chi connectivity index (χ4v) is 4.06. The van der Waals surface area contributed by atoms with E-state index in [1.54, 1.807) is 0 Å². The van der Waals surface area contributed by atoms with Gasteiger partial charge in [0.1, 0.15) is 0 Å². The van der Waals surface area contributed by atoms with E-state index in [4.69, 9.17) is 4.74 Å². The Morgan fingerprint density at radius 3 is 2.41 bits per heavy atom. The molecule has 2 fully saturated rings. The maximum Gasteiger partial charge on any atom is 0.223 e. The number of nitrogens with zero attached hydrogens (tertiary/aromatic N) is 1. The first-order valence-corrected chi connectivity index (χ1v) is 10.2. The number of carbonyl (C=O) groups excluding carboxylic acids is 1. The molecular weight excluding hydrogens is 304 g/mol. The van der Waals surface area contributed by atoms with Gasteiger partial charge in [0.15, 0.2) is 0 Å². The molecule has 2 aliphatic rings. The van der Waals surface area contributed by atoms with E-state index in [9.17, 15) is 13.2 Å². The molecule has 0 unspecified atom stereocenters. The Morgan fingerprint density at radius 2 is 1.82 bits per heavy atom. The van der Waals surface area contributed by atoms with Gasteiger partial charge in [-0.05, 0) is 32.1 Å². The molecule has 22 heavy (non-hydrogen) atoms. The zero-order valence-corrected chi connectivity index (χ0v) is 14.2. The summed E-state index contributed by atoms with van der Waals surface area (Å²) in [5.74, 6) is -0.0113. The molecular formula is C15H28N2O4S. The van der Waals surface area contributed by atoms with Gasteiger partial charge in [-0.3, -0.25) is 4.79 Å². The van der Waals surface area contributed by atoms with Crippen LogP contribution in [0.2, 0.25) is 0 Å². The number of hydrogen-bond acceptors (Lipinski definition) is 4. The van der Waals surface area contributed by atoms with Crippen molar-refractivity contribution in [2.75, 3.05) is 32.5 Å². The Kier molecular flexibility index (Phi) is 6.65. The first-order chi connectivity index (χ1) is 10.5. The number of piperidine rings is 1. The molecule has 0 bridgehead atoms. The number of sulfonamides is 1. The molecule has 0 aromatic carbocycles. The summed E-state index contributed by atoms with van der Waals surface area (Å²) in [6, 6.07) is 0. The zero-order chi connectivity index (χ0) is 16.0. The van der Waals surface area contributed by atoms with Gasteiger partial charge in [0.2, 0.25) is 15.9 Å². The van der Waals surface area contributed by atoms with Crippen LogP contribution in [-0.4, -0.2) is 57.2 Å². The van der Waals surface area contributed by atoms with Gasteiger partial charge in [-0.15, -0.1) is 0 Å². The van der Waals surface area contributed by atoms with E-state index in [0.717, 1.165) is 6.42 Å². The minimum Gasteiger partial charge on any atom is -0.378 e. The van der Waals surface area contributed by atoms with E-state index < -0.39 is 10.0 Å². The van der Waals surface area contributed by atoms with Gasteiger partial charge in [0.05, 0.1) is 12.4 Å². The van der Waals surface area contributed by atoms with Gasteiger partial charge >= 0.3 is 0 Å². The first kappa shape index (κ1) is 17.7. The van der Waals surface area contributed by atoms with Crippen LogP contribution >= 0.6 is 0 Å². The lowest BCUT2D eigenvalue weighted by atomic mass is 9.97. The molecule has 1 aliphatic carbocycles. The van der Waals surface area contributed by atoms with E-state index >= 15 is 0 Å². The topological polar surface area (TPSA) is 75.7 Å². The predicted octanol–water partition coefficient (Wildman–Crippen LogP) is 1.12. The Balaban J connectivity index is 1.56. The zero-order valence-electron chi connectivity index (χ0n) is 13.4. The number of ether oxygens (including phenoxy) is 1. The van der Waals surface area contributed by atoms with E-state index in [1.165, 1.54) is 36.2 Å². The molecule has 1 saturated carbocycles. The van der Waals surface area contributed by atoms with Crippen molar-refractivity contribution in [3.8, 4) is 0 Å². The number of carbonyl (C=O) groups is 1. The molecule has 2 rings (SSSR count). The molecule has 1 heterocycles. The summed E-state index contributed by atoms with van der Waals surface area (Å²) < 4.78 is 30.1. The van der Waals surface area contributed by atoms with Gasteiger partial charge in [-0.2, -0.15) is 0 Å². The van der Waals surface area contributed by atoms with Crippen LogP contribution in [-0.2, 0) is 19.6 Å². The fraction of sp³-hybridized carbons (Fsp3) is 0.933. The van der Waals surface area contributed by atoms with Gasteiger partial charge < -0.3 is 10.1 Å². The minimum absolute atomic E-state index is 0.0500. The van der Waals surface area contributed by atoms with Crippen LogP contribution in [0.4, 0.5) is 0 Å². The van der Waals surface area contributed by atoms with Crippen LogP contribution in [0.3, 0.4) is 0 Å². The van der Waals surface area contributed by atoms with Crippen molar-refractivity contribution in [1.29, 1.82) is 0 Å². The molecule has 6 nitrogen and oxygen atoms in total. The monoisotopic (exact) mass is 332 g/mol. The maximum absolute atomic E-state index is 12.1. The number of amides is 1. The molecule has 1 N–H and O–H groups in total. The largest absolute Gasteiger partial charge is 0.378 e. The lowest BCUT2D eigenvalue weighted by Gasteiger charge is -2.29. The van der Waals surface area contributed by atoms with E-state index in [2.05, 4.69) is 5.32 Å². The van der Waals surface area contributed by atoms with E-state index in [1.807, 2.05) is 0 Å². The third-order valence-electron chi connectivity index (χ3n) is 4.57. The second-order valence-corrected chi connectivity index (χ2v) is 8.34. The van der Waals surface area contributed by atoms with Crippen molar-refractivity contribution in [2.24, 2.45) is 5.92 Å². The quantitative estimate of drug-likeness (QED) is 0.709. The molecule has 1 amide bonds. The van der Waals surface area contributed by atoms with Crippen molar-refractivity contribution >= 4 is 15.9 Å². The average Bonchev–Trinajstić information content (AvgIpc) is 2.99. The van der Waals surface area contributed by atoms with Gasteiger partial charge in [0, 0.05) is 32.2 Å². The molecule has 7 heteroatoms. The molecule has 0 spiro atoms. The van der Waals surface area contributed by atoms with Crippen LogP contribution in [0.15, 0.2) is 0 Å².